The van der Waals surface area contributed by atoms with E-state index in [9.17, 15) is 0 Å². The highest BCUT2D eigenvalue weighted by molar-refractivity contribution is 9.10. The minimum absolute atomic E-state index is 0.840. The molecule has 2 aromatic rings. The Bertz CT molecular complexity index is 508. The molecule has 88 valence electrons. The van der Waals surface area contributed by atoms with Gasteiger partial charge >= 0.3 is 0 Å². The van der Waals surface area contributed by atoms with Gasteiger partial charge in [-0.25, -0.2) is 0 Å². The minimum atomic E-state index is 0.840. The third-order valence-corrected chi connectivity index (χ3v) is 3.74. The zero-order valence-corrected chi connectivity index (χ0v) is 12.1. The molecule has 2 aromatic carbocycles. The van der Waals surface area contributed by atoms with E-state index in [1.807, 2.05) is 30.3 Å². The third-order valence-electron chi connectivity index (χ3n) is 2.37. The van der Waals surface area contributed by atoms with Crippen LogP contribution in [0, 0.1) is 6.92 Å². The molecule has 0 heterocycles. The van der Waals surface area contributed by atoms with E-state index in [1.165, 1.54) is 10.5 Å². The number of hydrogen-bond donors (Lipinski definition) is 0. The molecule has 1 nitrogen and oxygen atoms in total. The average Bonchev–Trinajstić information content (AvgIpc) is 2.34. The molecule has 0 amide bonds. The summed E-state index contributed by atoms with van der Waals surface area (Å²) < 4.78 is 6.79. The van der Waals surface area contributed by atoms with Gasteiger partial charge in [0, 0.05) is 4.90 Å². The highest BCUT2D eigenvalue weighted by Gasteiger charge is 2.02. The van der Waals surface area contributed by atoms with Crippen molar-refractivity contribution in [2.24, 2.45) is 0 Å². The molecule has 0 bridgehead atoms. The number of ether oxygens (including phenoxy) is 1. The molecule has 0 aliphatic rings. The van der Waals surface area contributed by atoms with Crippen molar-refractivity contribution in [2.75, 3.05) is 6.26 Å². The molecule has 0 saturated heterocycles. The Morgan fingerprint density at radius 2 is 1.76 bits per heavy atom. The lowest BCUT2D eigenvalue weighted by molar-refractivity contribution is 0.479. The fourth-order valence-electron chi connectivity index (χ4n) is 1.46. The molecule has 0 radical (unpaired) electrons. The van der Waals surface area contributed by atoms with Crippen molar-refractivity contribution in [2.45, 2.75) is 11.8 Å². The van der Waals surface area contributed by atoms with Gasteiger partial charge in [-0.2, -0.15) is 0 Å². The summed E-state index contributed by atoms with van der Waals surface area (Å²) in [4.78, 5) is 1.24. The predicted molar refractivity (Wildman–Crippen MR) is 77.2 cm³/mol. The summed E-state index contributed by atoms with van der Waals surface area (Å²) in [5.74, 6) is 1.69. The molecule has 0 atom stereocenters. The van der Waals surface area contributed by atoms with Gasteiger partial charge in [-0.05, 0) is 71.1 Å². The maximum absolute atomic E-state index is 5.81. The Kier molecular flexibility index (Phi) is 4.13. The third kappa shape index (κ3) is 3.27. The van der Waals surface area contributed by atoms with E-state index in [-0.39, 0.29) is 0 Å². The molecule has 0 saturated carbocycles. The SMILES string of the molecule is CSc1ccc(Oc2ccc(C)cc2Br)cc1. The monoisotopic (exact) mass is 308 g/mol. The molecule has 0 aromatic heterocycles. The molecule has 3 heteroatoms. The van der Waals surface area contributed by atoms with Crippen LogP contribution < -0.4 is 4.74 Å². The maximum atomic E-state index is 5.81. The van der Waals surface area contributed by atoms with Crippen LogP contribution in [0.5, 0.6) is 11.5 Å². The fraction of sp³-hybridized carbons (Fsp3) is 0.143. The van der Waals surface area contributed by atoms with Crippen LogP contribution in [0.3, 0.4) is 0 Å². The molecule has 17 heavy (non-hydrogen) atoms. The number of benzene rings is 2. The average molecular weight is 309 g/mol. The summed E-state index contributed by atoms with van der Waals surface area (Å²) in [5.41, 5.74) is 1.21. The zero-order valence-electron chi connectivity index (χ0n) is 9.74. The van der Waals surface area contributed by atoms with E-state index in [0.29, 0.717) is 0 Å². The number of halogens is 1. The summed E-state index contributed by atoms with van der Waals surface area (Å²) in [6.07, 6.45) is 2.06. The van der Waals surface area contributed by atoms with Gasteiger partial charge < -0.3 is 4.74 Å². The van der Waals surface area contributed by atoms with E-state index in [4.69, 9.17) is 4.74 Å². The molecular weight excluding hydrogens is 296 g/mol. The Balaban J connectivity index is 2.19. The van der Waals surface area contributed by atoms with Crippen molar-refractivity contribution < 1.29 is 4.74 Å². The van der Waals surface area contributed by atoms with Gasteiger partial charge in [0.15, 0.2) is 0 Å². The van der Waals surface area contributed by atoms with E-state index in [1.54, 1.807) is 11.8 Å². The largest absolute Gasteiger partial charge is 0.456 e. The second-order valence-electron chi connectivity index (χ2n) is 3.71. The second kappa shape index (κ2) is 5.61. The molecular formula is C14H13BrOS. The summed E-state index contributed by atoms with van der Waals surface area (Å²) >= 11 is 5.23. The molecule has 0 aliphatic heterocycles. The lowest BCUT2D eigenvalue weighted by atomic mass is 10.2. The van der Waals surface area contributed by atoms with Crippen LogP contribution in [-0.4, -0.2) is 6.26 Å². The zero-order chi connectivity index (χ0) is 12.3. The quantitative estimate of drug-likeness (QED) is 0.714. The van der Waals surface area contributed by atoms with Gasteiger partial charge in [0.1, 0.15) is 11.5 Å². The first-order valence-electron chi connectivity index (χ1n) is 5.27. The number of thioether (sulfide) groups is 1. The van der Waals surface area contributed by atoms with Crippen molar-refractivity contribution in [3.8, 4) is 11.5 Å². The van der Waals surface area contributed by atoms with Crippen molar-refractivity contribution in [1.29, 1.82) is 0 Å². The normalized spacial score (nSPS) is 10.3. The van der Waals surface area contributed by atoms with Gasteiger partial charge in [0.25, 0.3) is 0 Å². The molecule has 0 aliphatic carbocycles. The summed E-state index contributed by atoms with van der Waals surface area (Å²) in [5, 5.41) is 0. The number of rotatable bonds is 3. The maximum Gasteiger partial charge on any atom is 0.141 e. The standard InChI is InChI=1S/C14H13BrOS/c1-10-3-8-14(13(15)9-10)16-11-4-6-12(17-2)7-5-11/h3-9H,1-2H3. The first-order valence-corrected chi connectivity index (χ1v) is 7.29. The van der Waals surface area contributed by atoms with Crippen LogP contribution >= 0.6 is 27.7 Å². The van der Waals surface area contributed by atoms with Crippen LogP contribution in [0.15, 0.2) is 51.8 Å². The van der Waals surface area contributed by atoms with Crippen LogP contribution in [0.4, 0.5) is 0 Å². The van der Waals surface area contributed by atoms with Crippen LogP contribution in [0.25, 0.3) is 0 Å². The molecule has 2 rings (SSSR count). The predicted octanol–water partition coefficient (Wildman–Crippen LogP) is 5.27. The Labute approximate surface area is 114 Å². The lowest BCUT2D eigenvalue weighted by Crippen LogP contribution is -1.86. The first kappa shape index (κ1) is 12.5. The van der Waals surface area contributed by atoms with Gasteiger partial charge in [0.2, 0.25) is 0 Å². The fourth-order valence-corrected chi connectivity index (χ4v) is 2.44. The highest BCUT2D eigenvalue weighted by atomic mass is 79.9. The highest BCUT2D eigenvalue weighted by Crippen LogP contribution is 2.31. The Morgan fingerprint density at radius 3 is 2.35 bits per heavy atom. The van der Waals surface area contributed by atoms with Crippen molar-refractivity contribution in [1.82, 2.24) is 0 Å². The lowest BCUT2D eigenvalue weighted by Gasteiger charge is -2.08. The van der Waals surface area contributed by atoms with E-state index >= 15 is 0 Å². The van der Waals surface area contributed by atoms with Gasteiger partial charge in [-0.3, -0.25) is 0 Å². The number of aryl methyl sites for hydroxylation is 1. The Hall–Kier alpha value is -0.930. The molecule has 0 spiro atoms. The summed E-state index contributed by atoms with van der Waals surface area (Å²) in [6, 6.07) is 14.1. The van der Waals surface area contributed by atoms with E-state index in [0.717, 1.165) is 16.0 Å². The second-order valence-corrected chi connectivity index (χ2v) is 5.45. The molecule has 0 unspecified atom stereocenters. The van der Waals surface area contributed by atoms with Crippen LogP contribution in [-0.2, 0) is 0 Å². The van der Waals surface area contributed by atoms with Crippen LogP contribution in [0.1, 0.15) is 5.56 Å². The summed E-state index contributed by atoms with van der Waals surface area (Å²) in [7, 11) is 0. The summed E-state index contributed by atoms with van der Waals surface area (Å²) in [6.45, 7) is 2.06. The van der Waals surface area contributed by atoms with Crippen molar-refractivity contribution >= 4 is 27.7 Å². The van der Waals surface area contributed by atoms with Crippen molar-refractivity contribution in [3.05, 3.63) is 52.5 Å². The van der Waals surface area contributed by atoms with Gasteiger partial charge in [0.05, 0.1) is 4.47 Å². The van der Waals surface area contributed by atoms with E-state index < -0.39 is 0 Å². The number of hydrogen-bond acceptors (Lipinski definition) is 2. The van der Waals surface area contributed by atoms with E-state index in [2.05, 4.69) is 41.2 Å². The minimum Gasteiger partial charge on any atom is -0.456 e. The van der Waals surface area contributed by atoms with Crippen molar-refractivity contribution in [3.63, 3.8) is 0 Å². The molecule has 0 fully saturated rings. The smallest absolute Gasteiger partial charge is 0.141 e. The van der Waals surface area contributed by atoms with Crippen LogP contribution in [0.2, 0.25) is 0 Å². The van der Waals surface area contributed by atoms with Gasteiger partial charge in [-0.15, -0.1) is 11.8 Å². The Morgan fingerprint density at radius 1 is 1.06 bits per heavy atom. The first-order chi connectivity index (χ1) is 8.19. The van der Waals surface area contributed by atoms with Gasteiger partial charge in [-0.1, -0.05) is 6.07 Å². The molecule has 0 N–H and O–H groups in total. The topological polar surface area (TPSA) is 9.23 Å².